The average molecular weight is 336 g/mol. The highest BCUT2D eigenvalue weighted by molar-refractivity contribution is 6.35. The van der Waals surface area contributed by atoms with Crippen LogP contribution in [0.3, 0.4) is 0 Å². The highest BCUT2D eigenvalue weighted by atomic mass is 35.5. The van der Waals surface area contributed by atoms with Crippen LogP contribution in [0.4, 0.5) is 0 Å². The van der Waals surface area contributed by atoms with Crippen molar-refractivity contribution in [2.45, 2.75) is 32.2 Å². The Morgan fingerprint density at radius 1 is 1.14 bits per heavy atom. The van der Waals surface area contributed by atoms with E-state index >= 15 is 0 Å². The minimum Gasteiger partial charge on any atom is -0.351 e. The molecule has 0 aliphatic rings. The summed E-state index contributed by atoms with van der Waals surface area (Å²) in [5, 5.41) is 4.14. The lowest BCUT2D eigenvalue weighted by Gasteiger charge is -2.17. The molecule has 1 N–H and O–H groups in total. The van der Waals surface area contributed by atoms with Gasteiger partial charge in [0.1, 0.15) is 0 Å². The zero-order chi connectivity index (χ0) is 15.9. The summed E-state index contributed by atoms with van der Waals surface area (Å²) in [5.41, 5.74) is 1.91. The third-order valence-electron chi connectivity index (χ3n) is 3.56. The molecule has 22 heavy (non-hydrogen) atoms. The van der Waals surface area contributed by atoms with Gasteiger partial charge in [-0.3, -0.25) is 4.79 Å². The van der Waals surface area contributed by atoms with Crippen molar-refractivity contribution in [2.24, 2.45) is 0 Å². The Morgan fingerprint density at radius 2 is 1.86 bits per heavy atom. The second-order valence-corrected chi connectivity index (χ2v) is 6.05. The maximum Gasteiger partial charge on any atom is 0.227 e. The van der Waals surface area contributed by atoms with Crippen LogP contribution in [0.1, 0.15) is 36.8 Å². The molecule has 0 aliphatic heterocycles. The molecule has 0 saturated carbocycles. The van der Waals surface area contributed by atoms with Crippen molar-refractivity contribution in [3.05, 3.63) is 69.7 Å². The van der Waals surface area contributed by atoms with Crippen molar-refractivity contribution in [1.29, 1.82) is 0 Å². The molecule has 2 aromatic carbocycles. The molecule has 1 amide bonds. The molecule has 2 nitrogen and oxygen atoms in total. The van der Waals surface area contributed by atoms with Crippen LogP contribution in [0, 0.1) is 0 Å². The third-order valence-corrected chi connectivity index (χ3v) is 4.15. The molecule has 4 heteroatoms. The predicted molar refractivity (Wildman–Crippen MR) is 92.4 cm³/mol. The van der Waals surface area contributed by atoms with Crippen LogP contribution in [0.2, 0.25) is 10.0 Å². The Bertz CT molecular complexity index is 628. The molecule has 2 aromatic rings. The van der Waals surface area contributed by atoms with Crippen molar-refractivity contribution >= 4 is 29.1 Å². The highest BCUT2D eigenvalue weighted by Gasteiger charge is 2.19. The number of hydrogen-bond donors (Lipinski definition) is 1. The van der Waals surface area contributed by atoms with E-state index in [1.165, 1.54) is 0 Å². The minimum absolute atomic E-state index is 0.0269. The van der Waals surface area contributed by atoms with Gasteiger partial charge in [-0.1, -0.05) is 72.9 Å². The van der Waals surface area contributed by atoms with E-state index in [0.29, 0.717) is 16.6 Å². The van der Waals surface area contributed by atoms with E-state index in [4.69, 9.17) is 23.2 Å². The molecule has 0 unspecified atom stereocenters. The van der Waals surface area contributed by atoms with Crippen LogP contribution in [0.15, 0.2) is 48.5 Å². The number of hydrogen-bond acceptors (Lipinski definition) is 1. The monoisotopic (exact) mass is 335 g/mol. The molecular formula is C18H19Cl2NO. The Balaban J connectivity index is 2.05. The van der Waals surface area contributed by atoms with E-state index in [1.807, 2.05) is 36.4 Å². The fourth-order valence-electron chi connectivity index (χ4n) is 2.39. The second-order valence-electron chi connectivity index (χ2n) is 5.21. The molecule has 0 aliphatic carbocycles. The van der Waals surface area contributed by atoms with Gasteiger partial charge in [0, 0.05) is 16.6 Å². The largest absolute Gasteiger partial charge is 0.351 e. The van der Waals surface area contributed by atoms with Gasteiger partial charge in [-0.2, -0.15) is 0 Å². The summed E-state index contributed by atoms with van der Waals surface area (Å²) < 4.78 is 0. The van der Waals surface area contributed by atoms with Crippen molar-refractivity contribution < 1.29 is 4.79 Å². The molecule has 0 spiro atoms. The van der Waals surface area contributed by atoms with Gasteiger partial charge >= 0.3 is 0 Å². The molecule has 0 bridgehead atoms. The Hall–Kier alpha value is -1.51. The van der Waals surface area contributed by atoms with Crippen molar-refractivity contribution in [1.82, 2.24) is 5.32 Å². The normalized spacial score (nSPS) is 12.0. The third kappa shape index (κ3) is 4.49. The first-order valence-corrected chi connectivity index (χ1v) is 8.14. The van der Waals surface area contributed by atoms with Gasteiger partial charge in [0.25, 0.3) is 0 Å². The molecule has 2 rings (SSSR count). The Morgan fingerprint density at radius 3 is 2.50 bits per heavy atom. The number of carbonyl (C=O) groups excluding carboxylic acids is 1. The van der Waals surface area contributed by atoms with Crippen molar-refractivity contribution in [2.75, 3.05) is 0 Å². The van der Waals surface area contributed by atoms with Gasteiger partial charge in [-0.15, -0.1) is 0 Å². The quantitative estimate of drug-likeness (QED) is 0.772. The number of halogens is 2. The summed E-state index contributed by atoms with van der Waals surface area (Å²) in [6.45, 7) is 2.49. The number of nitrogens with one attached hydrogen (secondary N) is 1. The molecule has 1 atom stereocenters. The van der Waals surface area contributed by atoms with Gasteiger partial charge < -0.3 is 5.32 Å². The van der Waals surface area contributed by atoms with E-state index < -0.39 is 0 Å². The molecule has 0 aromatic heterocycles. The summed E-state index contributed by atoms with van der Waals surface area (Å²) in [5.74, 6) is -0.101. The lowest BCUT2D eigenvalue weighted by Crippen LogP contribution is -2.29. The first kappa shape index (κ1) is 16.9. The van der Waals surface area contributed by atoms with Crippen LogP contribution in [0.25, 0.3) is 0 Å². The zero-order valence-electron chi connectivity index (χ0n) is 12.5. The van der Waals surface area contributed by atoms with Crippen LogP contribution in [-0.4, -0.2) is 5.91 Å². The standard InChI is InChI=1S/C18H19Cl2NO/c1-2-6-16(13-7-4-3-5-8-13)18(22)21-12-14-9-10-15(19)11-17(14)20/h3-5,7-11,16H,2,6,12H2,1H3,(H,21,22)/t16-/m0/s1. The predicted octanol–water partition coefficient (Wildman–Crippen LogP) is 5.19. The van der Waals surface area contributed by atoms with E-state index in [0.717, 1.165) is 24.0 Å². The molecule has 0 heterocycles. The SMILES string of the molecule is CCC[C@H](C(=O)NCc1ccc(Cl)cc1Cl)c1ccccc1. The minimum atomic E-state index is -0.128. The van der Waals surface area contributed by atoms with Gasteiger partial charge in [-0.25, -0.2) is 0 Å². The number of carbonyl (C=O) groups is 1. The van der Waals surface area contributed by atoms with Crippen LogP contribution < -0.4 is 5.32 Å². The lowest BCUT2D eigenvalue weighted by molar-refractivity contribution is -0.122. The second kappa shape index (κ2) is 8.21. The van der Waals surface area contributed by atoms with Crippen molar-refractivity contribution in [3.8, 4) is 0 Å². The highest BCUT2D eigenvalue weighted by Crippen LogP contribution is 2.23. The average Bonchev–Trinajstić information content (AvgIpc) is 2.52. The van der Waals surface area contributed by atoms with E-state index in [2.05, 4.69) is 12.2 Å². The van der Waals surface area contributed by atoms with Gasteiger partial charge in [-0.05, 0) is 29.7 Å². The molecule has 0 radical (unpaired) electrons. The maximum absolute atomic E-state index is 12.5. The van der Waals surface area contributed by atoms with Gasteiger partial charge in [0.15, 0.2) is 0 Å². The Labute approximate surface area is 141 Å². The van der Waals surface area contributed by atoms with Gasteiger partial charge in [0.2, 0.25) is 5.91 Å². The van der Waals surface area contributed by atoms with E-state index in [9.17, 15) is 4.79 Å². The molecule has 0 saturated heterocycles. The van der Waals surface area contributed by atoms with Crippen LogP contribution in [-0.2, 0) is 11.3 Å². The maximum atomic E-state index is 12.5. The first-order chi connectivity index (χ1) is 10.6. The van der Waals surface area contributed by atoms with E-state index in [-0.39, 0.29) is 11.8 Å². The fraction of sp³-hybridized carbons (Fsp3) is 0.278. The molecular weight excluding hydrogens is 317 g/mol. The number of benzene rings is 2. The first-order valence-electron chi connectivity index (χ1n) is 7.38. The number of rotatable bonds is 6. The van der Waals surface area contributed by atoms with Gasteiger partial charge in [0.05, 0.1) is 5.92 Å². The molecule has 116 valence electrons. The summed E-state index contributed by atoms with van der Waals surface area (Å²) in [7, 11) is 0. The Kier molecular flexibility index (Phi) is 6.29. The zero-order valence-corrected chi connectivity index (χ0v) is 14.0. The van der Waals surface area contributed by atoms with Crippen LogP contribution >= 0.6 is 23.2 Å². The van der Waals surface area contributed by atoms with Crippen LogP contribution in [0.5, 0.6) is 0 Å². The lowest BCUT2D eigenvalue weighted by atomic mass is 9.93. The summed E-state index contributed by atoms with van der Waals surface area (Å²) in [6, 6.07) is 15.2. The smallest absolute Gasteiger partial charge is 0.227 e. The summed E-state index contributed by atoms with van der Waals surface area (Å²) >= 11 is 12.0. The van der Waals surface area contributed by atoms with Crippen molar-refractivity contribution in [3.63, 3.8) is 0 Å². The summed E-state index contributed by atoms with van der Waals surface area (Å²) in [6.07, 6.45) is 1.78. The fourth-order valence-corrected chi connectivity index (χ4v) is 2.87. The number of amides is 1. The van der Waals surface area contributed by atoms with E-state index in [1.54, 1.807) is 12.1 Å². The molecule has 0 fully saturated rings. The summed E-state index contributed by atoms with van der Waals surface area (Å²) in [4.78, 5) is 12.5. The topological polar surface area (TPSA) is 29.1 Å².